The van der Waals surface area contributed by atoms with Gasteiger partial charge in [-0.1, -0.05) is 42.8 Å². The Morgan fingerprint density at radius 2 is 2.00 bits per heavy atom. The van der Waals surface area contributed by atoms with Crippen molar-refractivity contribution in [3.05, 3.63) is 53.1 Å². The lowest BCUT2D eigenvalue weighted by molar-refractivity contribution is -0.133. The van der Waals surface area contributed by atoms with Crippen LogP contribution >= 0.6 is 11.6 Å². The van der Waals surface area contributed by atoms with Gasteiger partial charge in [0.15, 0.2) is 0 Å². The summed E-state index contributed by atoms with van der Waals surface area (Å²) >= 11 is 6.10. The molecule has 1 saturated heterocycles. The molecule has 0 saturated carbocycles. The van der Waals surface area contributed by atoms with Crippen molar-refractivity contribution in [1.82, 2.24) is 29.9 Å². The molecule has 0 bridgehead atoms. The fraction of sp³-hybridized carbons (Fsp3) is 0.458. The molecule has 33 heavy (non-hydrogen) atoms. The first kappa shape index (κ1) is 23.2. The standard InChI is InChI=1S/C24H30ClN7O/c1-16(2)21-14-32(29-28-21)15-22(33)31-11-5-6-18(13-31)23-20(12-26-24(27-23)30(3)4)17-7-9-19(25)10-8-17/h7-10,12,14,16,18H,5-6,11,13,15H2,1-4H3/t18-/m1/s1. The first-order chi connectivity index (χ1) is 15.8. The van der Waals surface area contributed by atoms with Crippen LogP contribution in [0.4, 0.5) is 5.95 Å². The maximum atomic E-state index is 13.1. The molecule has 9 heteroatoms. The molecule has 0 N–H and O–H groups in total. The molecule has 1 aliphatic heterocycles. The number of aromatic nitrogens is 5. The smallest absolute Gasteiger partial charge is 0.244 e. The normalized spacial score (nSPS) is 16.3. The minimum absolute atomic E-state index is 0.0508. The summed E-state index contributed by atoms with van der Waals surface area (Å²) in [6.45, 7) is 5.68. The van der Waals surface area contributed by atoms with E-state index in [0.29, 0.717) is 17.5 Å². The molecule has 1 atom stereocenters. The number of carbonyl (C=O) groups is 1. The van der Waals surface area contributed by atoms with Gasteiger partial charge in [0.1, 0.15) is 6.54 Å². The average Bonchev–Trinajstić information content (AvgIpc) is 3.28. The SMILES string of the molecule is CC(C)c1cn(CC(=O)N2CCC[C@@H](c3nc(N(C)C)ncc3-c3ccc(Cl)cc3)C2)nn1. The largest absolute Gasteiger partial charge is 0.347 e. The first-order valence-corrected chi connectivity index (χ1v) is 11.7. The van der Waals surface area contributed by atoms with E-state index in [1.807, 2.05) is 60.6 Å². The van der Waals surface area contributed by atoms with Crippen LogP contribution in [-0.4, -0.2) is 63.0 Å². The van der Waals surface area contributed by atoms with Gasteiger partial charge in [-0.25, -0.2) is 14.6 Å². The number of carbonyl (C=O) groups excluding carboxylic acids is 1. The van der Waals surface area contributed by atoms with Gasteiger partial charge in [0.25, 0.3) is 0 Å². The molecule has 2 aromatic heterocycles. The number of hydrogen-bond acceptors (Lipinski definition) is 6. The fourth-order valence-electron chi connectivity index (χ4n) is 4.08. The Labute approximate surface area is 199 Å². The molecule has 8 nitrogen and oxygen atoms in total. The van der Waals surface area contributed by atoms with E-state index in [9.17, 15) is 4.79 Å². The van der Waals surface area contributed by atoms with Gasteiger partial charge in [0, 0.05) is 56.1 Å². The molecule has 174 valence electrons. The molecular weight excluding hydrogens is 438 g/mol. The highest BCUT2D eigenvalue weighted by molar-refractivity contribution is 6.30. The van der Waals surface area contributed by atoms with Crippen LogP contribution in [0.1, 0.15) is 49.9 Å². The molecule has 0 radical (unpaired) electrons. The summed E-state index contributed by atoms with van der Waals surface area (Å²) in [5, 5.41) is 8.98. The van der Waals surface area contributed by atoms with Crippen molar-refractivity contribution in [2.24, 2.45) is 0 Å². The summed E-state index contributed by atoms with van der Waals surface area (Å²) in [5.41, 5.74) is 3.86. The van der Waals surface area contributed by atoms with Crippen LogP contribution in [0.15, 0.2) is 36.7 Å². The molecule has 1 fully saturated rings. The van der Waals surface area contributed by atoms with E-state index in [1.54, 1.807) is 4.68 Å². The molecule has 3 aromatic rings. The van der Waals surface area contributed by atoms with Crippen LogP contribution in [0.3, 0.4) is 0 Å². The molecule has 0 aliphatic carbocycles. The van der Waals surface area contributed by atoms with E-state index in [-0.39, 0.29) is 24.3 Å². The lowest BCUT2D eigenvalue weighted by Gasteiger charge is -2.33. The Morgan fingerprint density at radius 1 is 1.24 bits per heavy atom. The Balaban J connectivity index is 1.58. The number of piperidine rings is 1. The zero-order chi connectivity index (χ0) is 23.5. The minimum Gasteiger partial charge on any atom is -0.347 e. The van der Waals surface area contributed by atoms with Crippen LogP contribution < -0.4 is 4.90 Å². The van der Waals surface area contributed by atoms with E-state index in [0.717, 1.165) is 41.9 Å². The van der Waals surface area contributed by atoms with Gasteiger partial charge in [-0.3, -0.25) is 4.79 Å². The van der Waals surface area contributed by atoms with Crippen LogP contribution in [0.2, 0.25) is 5.02 Å². The number of likely N-dealkylation sites (tertiary alicyclic amines) is 1. The summed E-state index contributed by atoms with van der Waals surface area (Å²) in [7, 11) is 3.86. The summed E-state index contributed by atoms with van der Waals surface area (Å²) in [6, 6.07) is 7.73. The summed E-state index contributed by atoms with van der Waals surface area (Å²) < 4.78 is 1.63. The monoisotopic (exact) mass is 467 g/mol. The van der Waals surface area contributed by atoms with Crippen molar-refractivity contribution in [2.45, 2.75) is 45.1 Å². The first-order valence-electron chi connectivity index (χ1n) is 11.3. The maximum Gasteiger partial charge on any atom is 0.244 e. The third-order valence-corrected chi connectivity index (χ3v) is 6.22. The predicted octanol–water partition coefficient (Wildman–Crippen LogP) is 3.98. The second-order valence-corrected chi connectivity index (χ2v) is 9.48. The van der Waals surface area contributed by atoms with Gasteiger partial charge in [-0.05, 0) is 36.5 Å². The van der Waals surface area contributed by atoms with Crippen molar-refractivity contribution in [2.75, 3.05) is 32.1 Å². The second-order valence-electron chi connectivity index (χ2n) is 9.04. The lowest BCUT2D eigenvalue weighted by atomic mass is 9.90. The van der Waals surface area contributed by atoms with E-state index in [1.165, 1.54) is 0 Å². The molecule has 1 amide bonds. The third-order valence-electron chi connectivity index (χ3n) is 5.97. The molecule has 1 aliphatic rings. The quantitative estimate of drug-likeness (QED) is 0.545. The van der Waals surface area contributed by atoms with Crippen LogP contribution in [-0.2, 0) is 11.3 Å². The average molecular weight is 468 g/mol. The number of nitrogens with zero attached hydrogens (tertiary/aromatic N) is 7. The molecular formula is C24H30ClN7O. The van der Waals surface area contributed by atoms with Gasteiger partial charge in [0.2, 0.25) is 11.9 Å². The second kappa shape index (κ2) is 9.87. The van der Waals surface area contributed by atoms with E-state index in [4.69, 9.17) is 16.6 Å². The number of benzene rings is 1. The lowest BCUT2D eigenvalue weighted by Crippen LogP contribution is -2.41. The Morgan fingerprint density at radius 3 is 2.67 bits per heavy atom. The Hall–Kier alpha value is -3.00. The van der Waals surface area contributed by atoms with Crippen LogP contribution in [0, 0.1) is 0 Å². The fourth-order valence-corrected chi connectivity index (χ4v) is 4.21. The van der Waals surface area contributed by atoms with Crippen LogP contribution in [0.25, 0.3) is 11.1 Å². The van der Waals surface area contributed by atoms with Gasteiger partial charge >= 0.3 is 0 Å². The third kappa shape index (κ3) is 5.33. The van der Waals surface area contributed by atoms with Gasteiger partial charge in [-0.2, -0.15) is 0 Å². The Bertz CT molecular complexity index is 1110. The highest BCUT2D eigenvalue weighted by Crippen LogP contribution is 2.34. The predicted molar refractivity (Wildman–Crippen MR) is 129 cm³/mol. The number of rotatable bonds is 6. The van der Waals surface area contributed by atoms with Gasteiger partial charge in [0.05, 0.1) is 11.4 Å². The summed E-state index contributed by atoms with van der Waals surface area (Å²) in [4.78, 5) is 26.4. The van der Waals surface area contributed by atoms with Crippen molar-refractivity contribution in [1.29, 1.82) is 0 Å². The van der Waals surface area contributed by atoms with E-state index < -0.39 is 0 Å². The number of anilines is 1. The number of halogens is 1. The molecule has 4 rings (SSSR count). The maximum absolute atomic E-state index is 13.1. The van der Waals surface area contributed by atoms with Crippen LogP contribution in [0.5, 0.6) is 0 Å². The molecule has 0 spiro atoms. The zero-order valence-corrected chi connectivity index (χ0v) is 20.3. The summed E-state index contributed by atoms with van der Waals surface area (Å²) in [6.07, 6.45) is 5.63. The zero-order valence-electron chi connectivity index (χ0n) is 19.6. The molecule has 1 aromatic carbocycles. The number of amides is 1. The minimum atomic E-state index is 0.0508. The van der Waals surface area contributed by atoms with Crippen molar-refractivity contribution in [3.63, 3.8) is 0 Å². The van der Waals surface area contributed by atoms with Gasteiger partial charge in [-0.15, -0.1) is 5.10 Å². The summed E-state index contributed by atoms with van der Waals surface area (Å²) in [5.74, 6) is 1.12. The molecule has 3 heterocycles. The van der Waals surface area contributed by atoms with E-state index >= 15 is 0 Å². The topological polar surface area (TPSA) is 80.0 Å². The van der Waals surface area contributed by atoms with Crippen molar-refractivity contribution < 1.29 is 4.79 Å². The van der Waals surface area contributed by atoms with Crippen molar-refractivity contribution >= 4 is 23.5 Å². The molecule has 0 unspecified atom stereocenters. The van der Waals surface area contributed by atoms with E-state index in [2.05, 4.69) is 29.1 Å². The highest BCUT2D eigenvalue weighted by Gasteiger charge is 2.28. The van der Waals surface area contributed by atoms with Crippen molar-refractivity contribution in [3.8, 4) is 11.1 Å². The number of hydrogen-bond donors (Lipinski definition) is 0. The highest BCUT2D eigenvalue weighted by atomic mass is 35.5. The van der Waals surface area contributed by atoms with Gasteiger partial charge < -0.3 is 9.80 Å². The Kier molecular flexibility index (Phi) is 6.93.